The summed E-state index contributed by atoms with van der Waals surface area (Å²) in [7, 11) is 0. The Balaban J connectivity index is 1.97. The number of aromatic nitrogens is 1. The van der Waals surface area contributed by atoms with Crippen LogP contribution in [0.5, 0.6) is 0 Å². The van der Waals surface area contributed by atoms with Gasteiger partial charge in [0.2, 0.25) is 0 Å². The Morgan fingerprint density at radius 2 is 1.79 bits per heavy atom. The summed E-state index contributed by atoms with van der Waals surface area (Å²) in [5.41, 5.74) is 1.92. The molecule has 0 unspecified atom stereocenters. The number of rotatable bonds is 7. The first kappa shape index (κ1) is 17.7. The minimum atomic E-state index is -0.193. The number of nitrogens with one attached hydrogen (secondary N) is 1. The second-order valence-electron chi connectivity index (χ2n) is 5.40. The van der Waals surface area contributed by atoms with Crippen LogP contribution >= 0.6 is 0 Å². The average Bonchev–Trinajstić information content (AvgIpc) is 2.63. The van der Waals surface area contributed by atoms with Gasteiger partial charge in [0, 0.05) is 31.4 Å². The number of hydrogen-bond donors (Lipinski definition) is 1. The molecular weight excluding hydrogens is 302 g/mol. The zero-order valence-corrected chi connectivity index (χ0v) is 14.2. The van der Waals surface area contributed by atoms with E-state index in [0.717, 1.165) is 6.42 Å². The van der Waals surface area contributed by atoms with Gasteiger partial charge in [0.1, 0.15) is 5.69 Å². The van der Waals surface area contributed by atoms with E-state index < -0.39 is 0 Å². The Hall–Kier alpha value is -2.69. The van der Waals surface area contributed by atoms with Crippen LogP contribution in [-0.2, 0) is 6.42 Å². The molecule has 1 aromatic carbocycles. The number of carbonyl (C=O) groups excluding carboxylic acids is 2. The highest BCUT2D eigenvalue weighted by Gasteiger charge is 2.15. The van der Waals surface area contributed by atoms with Crippen LogP contribution in [0.4, 0.5) is 0 Å². The first-order valence-electron chi connectivity index (χ1n) is 8.23. The quantitative estimate of drug-likeness (QED) is 0.851. The molecule has 0 saturated heterocycles. The van der Waals surface area contributed by atoms with Crippen molar-refractivity contribution in [2.24, 2.45) is 0 Å². The van der Waals surface area contributed by atoms with Crippen molar-refractivity contribution in [3.8, 4) is 0 Å². The van der Waals surface area contributed by atoms with Crippen LogP contribution < -0.4 is 5.32 Å². The molecule has 0 aliphatic carbocycles. The lowest BCUT2D eigenvalue weighted by atomic mass is 10.1. The van der Waals surface area contributed by atoms with Crippen LogP contribution in [0.1, 0.15) is 40.3 Å². The Labute approximate surface area is 142 Å². The van der Waals surface area contributed by atoms with Gasteiger partial charge >= 0.3 is 0 Å². The molecule has 24 heavy (non-hydrogen) atoms. The molecule has 1 aromatic heterocycles. The maximum absolute atomic E-state index is 12.3. The van der Waals surface area contributed by atoms with E-state index in [1.807, 2.05) is 44.2 Å². The molecule has 5 nitrogen and oxygen atoms in total. The number of nitrogens with zero attached hydrogens (tertiary/aromatic N) is 2. The average molecular weight is 325 g/mol. The first-order valence-corrected chi connectivity index (χ1v) is 8.23. The fourth-order valence-corrected chi connectivity index (χ4v) is 2.43. The summed E-state index contributed by atoms with van der Waals surface area (Å²) in [6, 6.07) is 13.2. The Morgan fingerprint density at radius 1 is 1.08 bits per heavy atom. The Kier molecular flexibility index (Phi) is 6.49. The van der Waals surface area contributed by atoms with Gasteiger partial charge in [-0.15, -0.1) is 0 Å². The van der Waals surface area contributed by atoms with Crippen LogP contribution in [0.2, 0.25) is 0 Å². The number of amides is 2. The molecule has 0 fully saturated rings. The maximum Gasteiger partial charge on any atom is 0.272 e. The van der Waals surface area contributed by atoms with E-state index in [2.05, 4.69) is 10.3 Å². The molecule has 126 valence electrons. The van der Waals surface area contributed by atoms with Crippen molar-refractivity contribution in [1.82, 2.24) is 15.2 Å². The molecule has 0 saturated carbocycles. The maximum atomic E-state index is 12.3. The zero-order valence-electron chi connectivity index (χ0n) is 14.2. The SMILES string of the molecule is CCN(CC)C(=O)c1cc(C(=O)NCCc2ccccc2)ccn1. The number of hydrogen-bond acceptors (Lipinski definition) is 3. The van der Waals surface area contributed by atoms with Gasteiger partial charge < -0.3 is 10.2 Å². The predicted octanol–water partition coefficient (Wildman–Crippen LogP) is 2.54. The normalized spacial score (nSPS) is 10.2. The van der Waals surface area contributed by atoms with Crippen molar-refractivity contribution < 1.29 is 9.59 Å². The highest BCUT2D eigenvalue weighted by molar-refractivity contribution is 5.98. The van der Waals surface area contributed by atoms with Gasteiger partial charge in [-0.05, 0) is 38.0 Å². The van der Waals surface area contributed by atoms with Crippen LogP contribution in [0.25, 0.3) is 0 Å². The summed E-state index contributed by atoms with van der Waals surface area (Å²) in [5.74, 6) is -0.346. The lowest BCUT2D eigenvalue weighted by molar-refractivity contribution is 0.0767. The van der Waals surface area contributed by atoms with Crippen molar-refractivity contribution >= 4 is 11.8 Å². The van der Waals surface area contributed by atoms with Gasteiger partial charge in [0.05, 0.1) is 0 Å². The standard InChI is InChI=1S/C19H23N3O2/c1-3-22(4-2)19(24)17-14-16(11-13-20-17)18(23)21-12-10-15-8-6-5-7-9-15/h5-9,11,13-14H,3-4,10,12H2,1-2H3,(H,21,23). The van der Waals surface area contributed by atoms with Gasteiger partial charge in [0.15, 0.2) is 0 Å². The third-order valence-electron chi connectivity index (χ3n) is 3.83. The van der Waals surface area contributed by atoms with Crippen molar-refractivity contribution in [2.75, 3.05) is 19.6 Å². The van der Waals surface area contributed by atoms with E-state index >= 15 is 0 Å². The van der Waals surface area contributed by atoms with Crippen molar-refractivity contribution in [3.63, 3.8) is 0 Å². The highest BCUT2D eigenvalue weighted by atomic mass is 16.2. The zero-order chi connectivity index (χ0) is 17.4. The van der Waals surface area contributed by atoms with Gasteiger partial charge in [-0.25, -0.2) is 0 Å². The summed E-state index contributed by atoms with van der Waals surface area (Å²) in [6.07, 6.45) is 2.27. The van der Waals surface area contributed by atoms with Gasteiger partial charge in [-0.1, -0.05) is 30.3 Å². The summed E-state index contributed by atoms with van der Waals surface area (Å²) < 4.78 is 0. The van der Waals surface area contributed by atoms with Gasteiger partial charge in [0.25, 0.3) is 11.8 Å². The molecule has 1 heterocycles. The molecule has 1 N–H and O–H groups in total. The molecule has 0 aliphatic rings. The first-order chi connectivity index (χ1) is 11.7. The molecule has 0 spiro atoms. The fraction of sp³-hybridized carbons (Fsp3) is 0.316. The minimum absolute atomic E-state index is 0.154. The van der Waals surface area contributed by atoms with E-state index in [-0.39, 0.29) is 11.8 Å². The van der Waals surface area contributed by atoms with E-state index in [1.165, 1.54) is 11.8 Å². The third kappa shape index (κ3) is 4.65. The topological polar surface area (TPSA) is 62.3 Å². The molecule has 0 radical (unpaired) electrons. The summed E-state index contributed by atoms with van der Waals surface area (Å²) in [4.78, 5) is 30.3. The number of benzene rings is 1. The van der Waals surface area contributed by atoms with Crippen molar-refractivity contribution in [1.29, 1.82) is 0 Å². The molecule has 0 aliphatic heterocycles. The summed E-state index contributed by atoms with van der Waals surface area (Å²) in [5, 5.41) is 2.88. The molecular formula is C19H23N3O2. The highest BCUT2D eigenvalue weighted by Crippen LogP contribution is 2.06. The van der Waals surface area contributed by atoms with Crippen LogP contribution in [0.15, 0.2) is 48.7 Å². The summed E-state index contributed by atoms with van der Waals surface area (Å²) in [6.45, 7) is 5.61. The predicted molar refractivity (Wildman–Crippen MR) is 94.0 cm³/mol. The molecule has 5 heteroatoms. The fourth-order valence-electron chi connectivity index (χ4n) is 2.43. The van der Waals surface area contributed by atoms with Crippen LogP contribution in [-0.4, -0.2) is 41.3 Å². The second-order valence-corrected chi connectivity index (χ2v) is 5.40. The lowest BCUT2D eigenvalue weighted by Crippen LogP contribution is -2.31. The van der Waals surface area contributed by atoms with Gasteiger partial charge in [-0.3, -0.25) is 14.6 Å². The minimum Gasteiger partial charge on any atom is -0.352 e. The lowest BCUT2D eigenvalue weighted by Gasteiger charge is -2.18. The van der Waals surface area contributed by atoms with Gasteiger partial charge in [-0.2, -0.15) is 0 Å². The molecule has 0 bridgehead atoms. The number of carbonyl (C=O) groups is 2. The second kappa shape index (κ2) is 8.82. The Bertz CT molecular complexity index is 682. The Morgan fingerprint density at radius 3 is 2.46 bits per heavy atom. The molecule has 2 aromatic rings. The van der Waals surface area contributed by atoms with Crippen LogP contribution in [0, 0.1) is 0 Å². The number of pyridine rings is 1. The van der Waals surface area contributed by atoms with E-state index in [0.29, 0.717) is 30.9 Å². The van der Waals surface area contributed by atoms with Crippen molar-refractivity contribution in [3.05, 3.63) is 65.5 Å². The smallest absolute Gasteiger partial charge is 0.272 e. The van der Waals surface area contributed by atoms with E-state index in [9.17, 15) is 9.59 Å². The molecule has 2 rings (SSSR count). The van der Waals surface area contributed by atoms with Crippen LogP contribution in [0.3, 0.4) is 0 Å². The monoisotopic (exact) mass is 325 g/mol. The molecule has 2 amide bonds. The van der Waals surface area contributed by atoms with Crippen molar-refractivity contribution in [2.45, 2.75) is 20.3 Å². The van der Waals surface area contributed by atoms with E-state index in [1.54, 1.807) is 17.0 Å². The summed E-state index contributed by atoms with van der Waals surface area (Å²) >= 11 is 0. The largest absolute Gasteiger partial charge is 0.352 e. The third-order valence-corrected chi connectivity index (χ3v) is 3.83. The molecule has 0 atom stereocenters. The van der Waals surface area contributed by atoms with E-state index in [4.69, 9.17) is 0 Å².